The quantitative estimate of drug-likeness (QED) is 0.926. The number of carbonyl (C=O) groups is 1. The predicted molar refractivity (Wildman–Crippen MR) is 79.6 cm³/mol. The van der Waals surface area contributed by atoms with Crippen LogP contribution in [0.3, 0.4) is 0 Å². The molecule has 0 unspecified atom stereocenters. The van der Waals surface area contributed by atoms with E-state index in [9.17, 15) is 4.79 Å². The molecule has 1 aliphatic rings. The van der Waals surface area contributed by atoms with Crippen molar-refractivity contribution in [1.29, 1.82) is 0 Å². The summed E-state index contributed by atoms with van der Waals surface area (Å²) in [6, 6.07) is 14.3. The number of amides is 1. The van der Waals surface area contributed by atoms with Gasteiger partial charge in [-0.15, -0.1) is 0 Å². The lowest BCUT2D eigenvalue weighted by molar-refractivity contribution is -0.126. The van der Waals surface area contributed by atoms with Crippen molar-refractivity contribution in [2.75, 3.05) is 19.8 Å². The molecule has 1 amide bonds. The van der Waals surface area contributed by atoms with Gasteiger partial charge >= 0.3 is 0 Å². The van der Waals surface area contributed by atoms with E-state index in [4.69, 9.17) is 4.74 Å². The molecule has 0 spiro atoms. The Bertz CT molecular complexity index is 626. The van der Waals surface area contributed by atoms with Crippen LogP contribution >= 0.6 is 0 Å². The fourth-order valence-electron chi connectivity index (χ4n) is 2.55. The molecule has 2 aromatic carbocycles. The number of hydrogen-bond donors (Lipinski definition) is 1. The molecule has 1 N–H and O–H groups in total. The molecule has 2 aromatic rings. The minimum absolute atomic E-state index is 0.0782. The molecule has 0 radical (unpaired) electrons. The smallest absolute Gasteiger partial charge is 0.224 e. The zero-order valence-corrected chi connectivity index (χ0v) is 11.7. The van der Waals surface area contributed by atoms with Crippen molar-refractivity contribution >= 4 is 16.7 Å². The molecule has 1 fully saturated rings. The summed E-state index contributed by atoms with van der Waals surface area (Å²) < 4.78 is 5.19. The van der Waals surface area contributed by atoms with E-state index < -0.39 is 0 Å². The molecule has 1 saturated heterocycles. The fraction of sp³-hybridized carbons (Fsp3) is 0.353. The summed E-state index contributed by atoms with van der Waals surface area (Å²) in [5.41, 5.74) is 1.20. The highest BCUT2D eigenvalue weighted by molar-refractivity contribution is 5.90. The first-order chi connectivity index (χ1) is 9.66. The Labute approximate surface area is 118 Å². The number of benzene rings is 2. The van der Waals surface area contributed by atoms with Crippen molar-refractivity contribution in [2.24, 2.45) is 5.41 Å². The van der Waals surface area contributed by atoms with Crippen LogP contribution in [-0.2, 0) is 16.0 Å². The molecule has 0 saturated carbocycles. The molecule has 0 atom stereocenters. The maximum Gasteiger partial charge on any atom is 0.224 e. The van der Waals surface area contributed by atoms with E-state index in [1.54, 1.807) is 0 Å². The van der Waals surface area contributed by atoms with Gasteiger partial charge in [-0.05, 0) is 16.3 Å². The van der Waals surface area contributed by atoms with Gasteiger partial charge in [0.05, 0.1) is 19.6 Å². The van der Waals surface area contributed by atoms with Gasteiger partial charge in [0.2, 0.25) is 5.91 Å². The maximum atomic E-state index is 12.1. The van der Waals surface area contributed by atoms with Crippen molar-refractivity contribution in [2.45, 2.75) is 13.3 Å². The Morgan fingerprint density at radius 2 is 1.95 bits per heavy atom. The molecule has 1 heterocycles. The molecular weight excluding hydrogens is 250 g/mol. The molecule has 1 aliphatic heterocycles. The van der Waals surface area contributed by atoms with Crippen molar-refractivity contribution in [3.05, 3.63) is 48.0 Å². The van der Waals surface area contributed by atoms with Crippen LogP contribution in [0, 0.1) is 5.41 Å². The van der Waals surface area contributed by atoms with E-state index >= 15 is 0 Å². The first kappa shape index (κ1) is 13.1. The Hall–Kier alpha value is -1.87. The minimum atomic E-state index is 0.0782. The topological polar surface area (TPSA) is 38.3 Å². The van der Waals surface area contributed by atoms with Crippen molar-refractivity contribution in [3.63, 3.8) is 0 Å². The first-order valence-electron chi connectivity index (χ1n) is 6.97. The number of nitrogens with one attached hydrogen (secondary N) is 1. The second-order valence-corrected chi connectivity index (χ2v) is 5.90. The Kier molecular flexibility index (Phi) is 3.45. The van der Waals surface area contributed by atoms with Crippen LogP contribution in [-0.4, -0.2) is 25.7 Å². The zero-order chi connectivity index (χ0) is 14.0. The molecule has 3 nitrogen and oxygen atoms in total. The van der Waals surface area contributed by atoms with E-state index in [1.807, 2.05) is 24.3 Å². The van der Waals surface area contributed by atoms with Gasteiger partial charge in [0, 0.05) is 12.0 Å². The molecule has 104 valence electrons. The summed E-state index contributed by atoms with van der Waals surface area (Å²) in [6.07, 6.45) is 0.429. The molecule has 0 aromatic heterocycles. The highest BCUT2D eigenvalue weighted by atomic mass is 16.5. The summed E-state index contributed by atoms with van der Waals surface area (Å²) in [7, 11) is 0. The SMILES string of the molecule is CC1(CNC(=O)Cc2cccc3ccccc23)COC1. The average Bonchev–Trinajstić information content (AvgIpc) is 2.43. The number of rotatable bonds is 4. The fourth-order valence-corrected chi connectivity index (χ4v) is 2.55. The first-order valence-corrected chi connectivity index (χ1v) is 6.97. The van der Waals surface area contributed by atoms with Gasteiger partial charge in [-0.3, -0.25) is 4.79 Å². The van der Waals surface area contributed by atoms with Gasteiger partial charge < -0.3 is 10.1 Å². The van der Waals surface area contributed by atoms with Crippen LogP contribution in [0.15, 0.2) is 42.5 Å². The normalized spacial score (nSPS) is 16.6. The second-order valence-electron chi connectivity index (χ2n) is 5.90. The maximum absolute atomic E-state index is 12.1. The molecule has 20 heavy (non-hydrogen) atoms. The zero-order valence-electron chi connectivity index (χ0n) is 11.7. The van der Waals surface area contributed by atoms with Crippen molar-refractivity contribution in [1.82, 2.24) is 5.32 Å². The second kappa shape index (κ2) is 5.25. The van der Waals surface area contributed by atoms with E-state index in [-0.39, 0.29) is 11.3 Å². The number of ether oxygens (including phenoxy) is 1. The average molecular weight is 269 g/mol. The predicted octanol–water partition coefficient (Wildman–Crippen LogP) is 2.54. The van der Waals surface area contributed by atoms with E-state index in [0.717, 1.165) is 24.2 Å². The van der Waals surface area contributed by atoms with Gasteiger partial charge in [0.25, 0.3) is 0 Å². The monoisotopic (exact) mass is 269 g/mol. The molecule has 3 heteroatoms. The largest absolute Gasteiger partial charge is 0.380 e. The summed E-state index contributed by atoms with van der Waals surface area (Å²) in [6.45, 7) is 4.30. The van der Waals surface area contributed by atoms with Crippen LogP contribution in [0.25, 0.3) is 10.8 Å². The van der Waals surface area contributed by atoms with Crippen LogP contribution in [0.2, 0.25) is 0 Å². The van der Waals surface area contributed by atoms with Gasteiger partial charge in [0.1, 0.15) is 0 Å². The highest BCUT2D eigenvalue weighted by Crippen LogP contribution is 2.25. The Morgan fingerprint density at radius 1 is 1.20 bits per heavy atom. The Morgan fingerprint density at radius 3 is 2.70 bits per heavy atom. The van der Waals surface area contributed by atoms with Gasteiger partial charge in [-0.25, -0.2) is 0 Å². The van der Waals surface area contributed by atoms with Crippen LogP contribution in [0.5, 0.6) is 0 Å². The van der Waals surface area contributed by atoms with Crippen LogP contribution in [0.1, 0.15) is 12.5 Å². The third-order valence-electron chi connectivity index (χ3n) is 3.84. The summed E-state index contributed by atoms with van der Waals surface area (Å²) in [5, 5.41) is 5.35. The number of carbonyl (C=O) groups excluding carboxylic acids is 1. The Balaban J connectivity index is 1.68. The lowest BCUT2D eigenvalue weighted by Crippen LogP contribution is -2.48. The number of hydrogen-bond acceptors (Lipinski definition) is 2. The molecular formula is C17H19NO2. The summed E-state index contributed by atoms with van der Waals surface area (Å²) >= 11 is 0. The van der Waals surface area contributed by atoms with Gasteiger partial charge in [-0.2, -0.15) is 0 Å². The molecule has 0 aliphatic carbocycles. The van der Waals surface area contributed by atoms with E-state index in [1.165, 1.54) is 5.39 Å². The lowest BCUT2D eigenvalue weighted by atomic mass is 9.88. The van der Waals surface area contributed by atoms with Gasteiger partial charge in [-0.1, -0.05) is 49.4 Å². The van der Waals surface area contributed by atoms with Crippen LogP contribution in [0.4, 0.5) is 0 Å². The van der Waals surface area contributed by atoms with E-state index in [0.29, 0.717) is 13.0 Å². The minimum Gasteiger partial charge on any atom is -0.380 e. The van der Waals surface area contributed by atoms with E-state index in [2.05, 4.69) is 30.4 Å². The van der Waals surface area contributed by atoms with Crippen molar-refractivity contribution < 1.29 is 9.53 Å². The standard InChI is InChI=1S/C17H19NO2/c1-17(11-20-12-17)10-18-16(19)9-14-7-4-6-13-5-2-3-8-15(13)14/h2-8H,9-12H2,1H3,(H,18,19). The molecule has 3 rings (SSSR count). The summed E-state index contributed by atoms with van der Waals surface area (Å²) in [4.78, 5) is 12.1. The van der Waals surface area contributed by atoms with Crippen molar-refractivity contribution in [3.8, 4) is 0 Å². The summed E-state index contributed by atoms with van der Waals surface area (Å²) in [5.74, 6) is 0.0782. The third kappa shape index (κ3) is 2.68. The highest BCUT2D eigenvalue weighted by Gasteiger charge is 2.33. The van der Waals surface area contributed by atoms with Gasteiger partial charge in [0.15, 0.2) is 0 Å². The molecule has 0 bridgehead atoms. The third-order valence-corrected chi connectivity index (χ3v) is 3.84. The number of fused-ring (bicyclic) bond motifs is 1. The lowest BCUT2D eigenvalue weighted by Gasteiger charge is -2.38. The van der Waals surface area contributed by atoms with Crippen LogP contribution < -0.4 is 5.32 Å².